The fraction of sp³-hybridized carbons (Fsp3) is 0.333. The SMILES string of the molecule is O=C(c1ccc(Cl)cc1)C1CCN(CCNCc2cc3ccccc3nc2Cl)CC1. The molecule has 0 unspecified atom stereocenters. The predicted molar refractivity (Wildman–Crippen MR) is 123 cm³/mol. The number of carbonyl (C=O) groups excluding carboxylic acids is 1. The molecule has 1 aromatic heterocycles. The van der Waals surface area contributed by atoms with Crippen LogP contribution in [0.1, 0.15) is 28.8 Å². The maximum absolute atomic E-state index is 12.7. The monoisotopic (exact) mass is 441 g/mol. The number of para-hydroxylation sites is 1. The van der Waals surface area contributed by atoms with Gasteiger partial charge in [0, 0.05) is 47.1 Å². The molecule has 0 spiro atoms. The highest BCUT2D eigenvalue weighted by Gasteiger charge is 2.25. The van der Waals surface area contributed by atoms with E-state index in [-0.39, 0.29) is 11.7 Å². The van der Waals surface area contributed by atoms with Crippen LogP contribution in [0.3, 0.4) is 0 Å². The summed E-state index contributed by atoms with van der Waals surface area (Å²) in [5, 5.41) is 5.80. The first-order valence-corrected chi connectivity index (χ1v) is 11.1. The number of fused-ring (bicyclic) bond motifs is 1. The molecule has 2 aromatic carbocycles. The summed E-state index contributed by atoms with van der Waals surface area (Å²) in [5.41, 5.74) is 2.70. The summed E-state index contributed by atoms with van der Waals surface area (Å²) in [6.45, 7) is 4.43. The Labute approximate surface area is 187 Å². The van der Waals surface area contributed by atoms with E-state index in [1.54, 1.807) is 12.1 Å². The average molecular weight is 442 g/mol. The number of nitrogens with zero attached hydrogens (tertiary/aromatic N) is 2. The third-order valence-corrected chi connectivity index (χ3v) is 6.34. The van der Waals surface area contributed by atoms with Gasteiger partial charge < -0.3 is 10.2 Å². The molecule has 0 amide bonds. The Morgan fingerprint density at radius 2 is 1.80 bits per heavy atom. The second-order valence-corrected chi connectivity index (χ2v) is 8.59. The summed E-state index contributed by atoms with van der Waals surface area (Å²) in [6, 6.07) is 17.3. The fourth-order valence-electron chi connectivity index (χ4n) is 3.99. The van der Waals surface area contributed by atoms with Gasteiger partial charge in [0.15, 0.2) is 5.78 Å². The number of carbonyl (C=O) groups is 1. The number of hydrogen-bond donors (Lipinski definition) is 1. The zero-order valence-corrected chi connectivity index (χ0v) is 18.3. The zero-order valence-electron chi connectivity index (χ0n) is 16.8. The van der Waals surface area contributed by atoms with E-state index in [2.05, 4.69) is 27.3 Å². The van der Waals surface area contributed by atoms with E-state index in [0.717, 1.165) is 61.1 Å². The molecule has 2 heterocycles. The molecule has 6 heteroatoms. The number of halogens is 2. The zero-order chi connectivity index (χ0) is 20.9. The van der Waals surface area contributed by atoms with Crippen LogP contribution >= 0.6 is 23.2 Å². The molecule has 1 aliphatic rings. The van der Waals surface area contributed by atoms with Crippen molar-refractivity contribution in [2.24, 2.45) is 5.92 Å². The lowest BCUT2D eigenvalue weighted by Gasteiger charge is -2.31. The summed E-state index contributed by atoms with van der Waals surface area (Å²) in [4.78, 5) is 19.6. The summed E-state index contributed by atoms with van der Waals surface area (Å²) in [7, 11) is 0. The summed E-state index contributed by atoms with van der Waals surface area (Å²) in [6.07, 6.45) is 1.81. The first kappa shape index (κ1) is 21.3. The second kappa shape index (κ2) is 9.88. The fourth-order valence-corrected chi connectivity index (χ4v) is 4.33. The van der Waals surface area contributed by atoms with Crippen LogP contribution in [-0.4, -0.2) is 41.8 Å². The van der Waals surface area contributed by atoms with Crippen molar-refractivity contribution in [2.75, 3.05) is 26.2 Å². The van der Waals surface area contributed by atoms with Crippen molar-refractivity contribution in [3.8, 4) is 0 Å². The van der Waals surface area contributed by atoms with Gasteiger partial charge in [0.05, 0.1) is 5.52 Å². The minimum absolute atomic E-state index is 0.109. The van der Waals surface area contributed by atoms with Gasteiger partial charge in [0.2, 0.25) is 0 Å². The number of ketones is 1. The van der Waals surface area contributed by atoms with Crippen molar-refractivity contribution >= 4 is 39.9 Å². The van der Waals surface area contributed by atoms with E-state index >= 15 is 0 Å². The first-order chi connectivity index (χ1) is 14.6. The van der Waals surface area contributed by atoms with Crippen LogP contribution in [0, 0.1) is 5.92 Å². The molecule has 0 saturated carbocycles. The normalized spacial score (nSPS) is 15.5. The van der Waals surface area contributed by atoms with Crippen molar-refractivity contribution in [1.82, 2.24) is 15.2 Å². The van der Waals surface area contributed by atoms with Crippen molar-refractivity contribution in [1.29, 1.82) is 0 Å². The number of rotatable bonds is 7. The molecule has 0 radical (unpaired) electrons. The smallest absolute Gasteiger partial charge is 0.166 e. The maximum Gasteiger partial charge on any atom is 0.166 e. The van der Waals surface area contributed by atoms with Gasteiger partial charge in [0.1, 0.15) is 5.15 Å². The van der Waals surface area contributed by atoms with Gasteiger partial charge in [0.25, 0.3) is 0 Å². The molecule has 1 N–H and O–H groups in total. The minimum atomic E-state index is 0.109. The van der Waals surface area contributed by atoms with Gasteiger partial charge in [-0.05, 0) is 62.3 Å². The standard InChI is InChI=1S/C24H25Cl2N3O/c25-21-7-5-17(6-8-21)23(30)18-9-12-29(13-10-18)14-11-27-16-20-15-19-3-1-2-4-22(19)28-24(20)26/h1-8,15,18,27H,9-14,16H2. The van der Waals surface area contributed by atoms with E-state index < -0.39 is 0 Å². The number of pyridine rings is 1. The number of likely N-dealkylation sites (tertiary alicyclic amines) is 1. The second-order valence-electron chi connectivity index (χ2n) is 7.79. The molecule has 1 fully saturated rings. The van der Waals surface area contributed by atoms with Gasteiger partial charge in [-0.3, -0.25) is 4.79 Å². The number of hydrogen-bond acceptors (Lipinski definition) is 4. The van der Waals surface area contributed by atoms with Crippen molar-refractivity contribution in [3.05, 3.63) is 75.9 Å². The predicted octanol–water partition coefficient (Wildman–Crippen LogP) is 5.23. The number of aromatic nitrogens is 1. The topological polar surface area (TPSA) is 45.2 Å². The molecule has 0 bridgehead atoms. The molecule has 0 atom stereocenters. The van der Waals surface area contributed by atoms with Gasteiger partial charge >= 0.3 is 0 Å². The molecular formula is C24H25Cl2N3O. The number of Topliss-reactive ketones (excluding diaryl/α,β-unsaturated/α-hetero) is 1. The molecule has 1 saturated heterocycles. The van der Waals surface area contributed by atoms with Crippen LogP contribution in [0.25, 0.3) is 10.9 Å². The average Bonchev–Trinajstić information content (AvgIpc) is 2.77. The number of benzene rings is 2. The summed E-state index contributed by atoms with van der Waals surface area (Å²) in [5.74, 6) is 0.348. The molecular weight excluding hydrogens is 417 g/mol. The van der Waals surface area contributed by atoms with Gasteiger partial charge in [-0.2, -0.15) is 0 Å². The molecule has 0 aliphatic carbocycles. The molecule has 1 aliphatic heterocycles. The Kier molecular flexibility index (Phi) is 7.00. The first-order valence-electron chi connectivity index (χ1n) is 10.4. The Balaban J connectivity index is 1.21. The molecule has 3 aromatic rings. The van der Waals surface area contributed by atoms with Crippen LogP contribution in [0.15, 0.2) is 54.6 Å². The third kappa shape index (κ3) is 5.19. The van der Waals surface area contributed by atoms with Crippen LogP contribution in [-0.2, 0) is 6.54 Å². The Morgan fingerprint density at radius 3 is 2.57 bits per heavy atom. The van der Waals surface area contributed by atoms with Crippen molar-refractivity contribution in [2.45, 2.75) is 19.4 Å². The Bertz CT molecular complexity index is 1010. The van der Waals surface area contributed by atoms with Crippen LogP contribution in [0.4, 0.5) is 0 Å². The van der Waals surface area contributed by atoms with Gasteiger partial charge in [-0.25, -0.2) is 4.98 Å². The summed E-state index contributed by atoms with van der Waals surface area (Å²) >= 11 is 12.3. The highest BCUT2D eigenvalue weighted by Crippen LogP contribution is 2.23. The molecule has 156 valence electrons. The quantitative estimate of drug-likeness (QED) is 0.309. The molecule has 30 heavy (non-hydrogen) atoms. The minimum Gasteiger partial charge on any atom is -0.311 e. The van der Waals surface area contributed by atoms with Gasteiger partial charge in [-0.15, -0.1) is 0 Å². The van der Waals surface area contributed by atoms with E-state index in [1.807, 2.05) is 30.3 Å². The lowest BCUT2D eigenvalue weighted by atomic mass is 9.89. The Hall–Kier alpha value is -1.98. The van der Waals surface area contributed by atoms with Crippen LogP contribution in [0.2, 0.25) is 10.2 Å². The maximum atomic E-state index is 12.7. The van der Waals surface area contributed by atoms with E-state index in [1.165, 1.54) is 0 Å². The lowest BCUT2D eigenvalue weighted by molar-refractivity contribution is 0.0841. The largest absolute Gasteiger partial charge is 0.311 e. The van der Waals surface area contributed by atoms with E-state index in [0.29, 0.717) is 16.7 Å². The van der Waals surface area contributed by atoms with Crippen molar-refractivity contribution < 1.29 is 4.79 Å². The number of piperidine rings is 1. The highest BCUT2D eigenvalue weighted by molar-refractivity contribution is 6.31. The lowest BCUT2D eigenvalue weighted by Crippen LogP contribution is -2.39. The van der Waals surface area contributed by atoms with E-state index in [4.69, 9.17) is 23.2 Å². The molecule has 4 rings (SSSR count). The van der Waals surface area contributed by atoms with Crippen LogP contribution in [0.5, 0.6) is 0 Å². The highest BCUT2D eigenvalue weighted by atomic mass is 35.5. The third-order valence-electron chi connectivity index (χ3n) is 5.76. The van der Waals surface area contributed by atoms with Gasteiger partial charge in [-0.1, -0.05) is 41.4 Å². The van der Waals surface area contributed by atoms with E-state index in [9.17, 15) is 4.79 Å². The van der Waals surface area contributed by atoms with Crippen molar-refractivity contribution in [3.63, 3.8) is 0 Å². The Morgan fingerprint density at radius 1 is 1.07 bits per heavy atom. The summed E-state index contributed by atoms with van der Waals surface area (Å²) < 4.78 is 0. The number of nitrogens with one attached hydrogen (secondary N) is 1. The van der Waals surface area contributed by atoms with Crippen LogP contribution < -0.4 is 5.32 Å². The molecule has 4 nitrogen and oxygen atoms in total.